The molecule has 1 N–H and O–H groups in total. The molecule has 2 amide bonds. The molecule has 1 aliphatic rings. The van der Waals surface area contributed by atoms with E-state index in [1.54, 1.807) is 4.90 Å². The van der Waals surface area contributed by atoms with Crippen LogP contribution in [0.4, 0.5) is 5.82 Å². The summed E-state index contributed by atoms with van der Waals surface area (Å²) in [6.45, 7) is 7.01. The molecule has 0 saturated carbocycles. The predicted octanol–water partition coefficient (Wildman–Crippen LogP) is 2.37. The lowest BCUT2D eigenvalue weighted by Gasteiger charge is -2.33. The zero-order valence-electron chi connectivity index (χ0n) is 15.7. The third-order valence-electron chi connectivity index (χ3n) is 4.77. The molecular formula is C20H26N4O2. The number of fused-ring (bicyclic) bond motifs is 1. The Labute approximate surface area is 154 Å². The van der Waals surface area contributed by atoms with Crippen molar-refractivity contribution in [2.75, 3.05) is 11.4 Å². The zero-order chi connectivity index (χ0) is 18.7. The van der Waals surface area contributed by atoms with E-state index < -0.39 is 6.04 Å². The maximum Gasteiger partial charge on any atom is 0.243 e. The van der Waals surface area contributed by atoms with Gasteiger partial charge in [0, 0.05) is 19.0 Å². The molecule has 0 saturated heterocycles. The highest BCUT2D eigenvalue weighted by Gasteiger charge is 2.34. The SMILES string of the molecule is CCC(C(=O)NCCc1ccc(C)cc1)N1C(=O)CCn2nc(C)cc21. The second-order valence-electron chi connectivity index (χ2n) is 6.83. The van der Waals surface area contributed by atoms with Crippen molar-refractivity contribution >= 4 is 17.6 Å². The molecule has 1 aliphatic heterocycles. The number of anilines is 1. The molecule has 3 rings (SSSR count). The first-order valence-corrected chi connectivity index (χ1v) is 9.19. The van der Waals surface area contributed by atoms with Crippen LogP contribution in [0.1, 0.15) is 36.6 Å². The number of nitrogens with zero attached hydrogens (tertiary/aromatic N) is 3. The number of hydrogen-bond donors (Lipinski definition) is 1. The van der Waals surface area contributed by atoms with Gasteiger partial charge in [-0.15, -0.1) is 0 Å². The van der Waals surface area contributed by atoms with Crippen LogP contribution in [0, 0.1) is 13.8 Å². The quantitative estimate of drug-likeness (QED) is 0.866. The topological polar surface area (TPSA) is 67.2 Å². The maximum absolute atomic E-state index is 12.7. The highest BCUT2D eigenvalue weighted by molar-refractivity contribution is 6.00. The van der Waals surface area contributed by atoms with Crippen molar-refractivity contribution in [1.82, 2.24) is 15.1 Å². The van der Waals surface area contributed by atoms with Gasteiger partial charge >= 0.3 is 0 Å². The Hall–Kier alpha value is -2.63. The van der Waals surface area contributed by atoms with E-state index in [1.807, 2.05) is 24.6 Å². The standard InChI is InChI=1S/C20H26N4O2/c1-4-17(20(26)21-11-9-16-7-5-14(2)6-8-16)24-18-13-15(3)22-23(18)12-10-19(24)25/h5-8,13,17H,4,9-12H2,1-3H3,(H,21,26). The number of hydrogen-bond acceptors (Lipinski definition) is 3. The molecule has 0 bridgehead atoms. The van der Waals surface area contributed by atoms with Gasteiger partial charge in [0.1, 0.15) is 11.9 Å². The summed E-state index contributed by atoms with van der Waals surface area (Å²) in [4.78, 5) is 26.9. The lowest BCUT2D eigenvalue weighted by atomic mass is 10.1. The maximum atomic E-state index is 12.7. The fourth-order valence-electron chi connectivity index (χ4n) is 3.36. The predicted molar refractivity (Wildman–Crippen MR) is 101 cm³/mol. The van der Waals surface area contributed by atoms with Gasteiger partial charge in [0.2, 0.25) is 11.8 Å². The Morgan fingerprint density at radius 3 is 2.69 bits per heavy atom. The number of aryl methyl sites for hydroxylation is 3. The Morgan fingerprint density at radius 2 is 2.00 bits per heavy atom. The number of carbonyl (C=O) groups excluding carboxylic acids is 2. The number of aromatic nitrogens is 2. The van der Waals surface area contributed by atoms with Gasteiger partial charge in [-0.05, 0) is 32.3 Å². The minimum Gasteiger partial charge on any atom is -0.354 e. The van der Waals surface area contributed by atoms with Crippen molar-refractivity contribution in [3.63, 3.8) is 0 Å². The van der Waals surface area contributed by atoms with Crippen LogP contribution in [-0.4, -0.2) is 34.2 Å². The summed E-state index contributed by atoms with van der Waals surface area (Å²) in [5.74, 6) is 0.595. The first-order chi connectivity index (χ1) is 12.5. The van der Waals surface area contributed by atoms with Crippen LogP contribution >= 0.6 is 0 Å². The summed E-state index contributed by atoms with van der Waals surface area (Å²) >= 11 is 0. The average Bonchev–Trinajstić information content (AvgIpc) is 2.99. The van der Waals surface area contributed by atoms with Crippen LogP contribution in [0.3, 0.4) is 0 Å². The molecule has 1 aromatic carbocycles. The van der Waals surface area contributed by atoms with Crippen LogP contribution in [0.25, 0.3) is 0 Å². The van der Waals surface area contributed by atoms with Gasteiger partial charge in [-0.25, -0.2) is 4.68 Å². The van der Waals surface area contributed by atoms with Gasteiger partial charge < -0.3 is 5.32 Å². The lowest BCUT2D eigenvalue weighted by molar-refractivity contribution is -0.127. The van der Waals surface area contributed by atoms with Gasteiger partial charge in [-0.1, -0.05) is 36.8 Å². The highest BCUT2D eigenvalue weighted by atomic mass is 16.2. The van der Waals surface area contributed by atoms with Crippen LogP contribution in [-0.2, 0) is 22.6 Å². The molecule has 1 atom stereocenters. The fourth-order valence-corrected chi connectivity index (χ4v) is 3.36. The van der Waals surface area contributed by atoms with Crippen molar-refractivity contribution in [3.05, 3.63) is 47.2 Å². The summed E-state index contributed by atoms with van der Waals surface area (Å²) in [5.41, 5.74) is 3.26. The number of rotatable bonds is 6. The van der Waals surface area contributed by atoms with E-state index in [0.29, 0.717) is 25.9 Å². The van der Waals surface area contributed by atoms with E-state index in [4.69, 9.17) is 0 Å². The Bertz CT molecular complexity index is 795. The molecule has 0 radical (unpaired) electrons. The third-order valence-corrected chi connectivity index (χ3v) is 4.77. The summed E-state index contributed by atoms with van der Waals surface area (Å²) in [7, 11) is 0. The summed E-state index contributed by atoms with van der Waals surface area (Å²) in [6, 6.07) is 9.67. The summed E-state index contributed by atoms with van der Waals surface area (Å²) in [5, 5.41) is 7.40. The van der Waals surface area contributed by atoms with Gasteiger partial charge in [0.25, 0.3) is 0 Å². The van der Waals surface area contributed by atoms with Crippen LogP contribution in [0.5, 0.6) is 0 Å². The fraction of sp³-hybridized carbons (Fsp3) is 0.450. The van der Waals surface area contributed by atoms with E-state index >= 15 is 0 Å². The molecule has 6 nitrogen and oxygen atoms in total. The molecule has 1 aromatic heterocycles. The third kappa shape index (κ3) is 3.79. The number of amides is 2. The molecule has 0 spiro atoms. The summed E-state index contributed by atoms with van der Waals surface area (Å²) in [6.07, 6.45) is 1.71. The van der Waals surface area contributed by atoms with Crippen molar-refractivity contribution in [1.29, 1.82) is 0 Å². The molecule has 138 valence electrons. The lowest BCUT2D eigenvalue weighted by Crippen LogP contribution is -2.52. The molecule has 2 heterocycles. The van der Waals surface area contributed by atoms with Crippen molar-refractivity contribution in [2.45, 2.75) is 52.6 Å². The second kappa shape index (κ2) is 7.72. The van der Waals surface area contributed by atoms with Crippen LogP contribution in [0.15, 0.2) is 30.3 Å². The molecule has 26 heavy (non-hydrogen) atoms. The van der Waals surface area contributed by atoms with Gasteiger partial charge in [0.15, 0.2) is 0 Å². The van der Waals surface area contributed by atoms with Crippen molar-refractivity contribution in [3.8, 4) is 0 Å². The Balaban J connectivity index is 1.67. The smallest absolute Gasteiger partial charge is 0.243 e. The normalized spacial score (nSPS) is 14.9. The van der Waals surface area contributed by atoms with E-state index in [2.05, 4.69) is 41.6 Å². The molecule has 0 fully saturated rings. The highest BCUT2D eigenvalue weighted by Crippen LogP contribution is 2.26. The average molecular weight is 354 g/mol. The Kier molecular flexibility index (Phi) is 5.40. The van der Waals surface area contributed by atoms with E-state index in [9.17, 15) is 9.59 Å². The molecule has 0 aliphatic carbocycles. The number of nitrogens with one attached hydrogen (secondary N) is 1. The zero-order valence-corrected chi connectivity index (χ0v) is 15.7. The van der Waals surface area contributed by atoms with Gasteiger partial charge in [-0.3, -0.25) is 14.5 Å². The van der Waals surface area contributed by atoms with Gasteiger partial charge in [-0.2, -0.15) is 5.10 Å². The van der Waals surface area contributed by atoms with Crippen molar-refractivity contribution < 1.29 is 9.59 Å². The van der Waals surface area contributed by atoms with Crippen LogP contribution < -0.4 is 10.2 Å². The summed E-state index contributed by atoms with van der Waals surface area (Å²) < 4.78 is 1.82. The second-order valence-corrected chi connectivity index (χ2v) is 6.83. The monoisotopic (exact) mass is 354 g/mol. The van der Waals surface area contributed by atoms with Crippen LogP contribution in [0.2, 0.25) is 0 Å². The number of carbonyl (C=O) groups is 2. The van der Waals surface area contributed by atoms with Crippen molar-refractivity contribution in [2.24, 2.45) is 0 Å². The molecule has 2 aromatic rings. The molecular weight excluding hydrogens is 328 g/mol. The van der Waals surface area contributed by atoms with E-state index in [0.717, 1.165) is 17.9 Å². The van der Waals surface area contributed by atoms with E-state index in [1.165, 1.54) is 11.1 Å². The number of benzene rings is 1. The minimum absolute atomic E-state index is 0.0158. The Morgan fingerprint density at radius 1 is 1.27 bits per heavy atom. The first-order valence-electron chi connectivity index (χ1n) is 9.19. The molecule has 6 heteroatoms. The minimum atomic E-state index is -0.504. The molecule has 1 unspecified atom stereocenters. The first kappa shape index (κ1) is 18.2. The largest absolute Gasteiger partial charge is 0.354 e. The van der Waals surface area contributed by atoms with Gasteiger partial charge in [0.05, 0.1) is 12.2 Å². The van der Waals surface area contributed by atoms with E-state index in [-0.39, 0.29) is 11.8 Å².